The quantitative estimate of drug-likeness (QED) is 0.173. The number of aliphatic hydroxyl groups excluding tert-OH is 1. The maximum Gasteiger partial charge on any atom is 0.139 e. The molecule has 0 unspecified atom stereocenters. The zero-order valence-corrected chi connectivity index (χ0v) is 8.82. The van der Waals surface area contributed by atoms with Crippen molar-refractivity contribution in [3.8, 4) is 0 Å². The fourth-order valence-corrected chi connectivity index (χ4v) is 1.26. The molecule has 0 spiro atoms. The zero-order valence-electron chi connectivity index (χ0n) is 8.82. The van der Waals surface area contributed by atoms with E-state index in [1.165, 1.54) is 0 Å². The Bertz CT molecular complexity index is 162. The molecule has 14 heavy (non-hydrogen) atoms. The van der Waals surface area contributed by atoms with Crippen LogP contribution in [0.3, 0.4) is 0 Å². The van der Waals surface area contributed by atoms with Gasteiger partial charge in [-0.15, -0.1) is 0 Å². The molecule has 0 aromatic rings. The molecule has 0 atom stereocenters. The Morgan fingerprint density at radius 2 is 2.07 bits per heavy atom. The van der Waals surface area contributed by atoms with Crippen molar-refractivity contribution in [3.05, 3.63) is 0 Å². The maximum atomic E-state index is 8.74. The largest absolute Gasteiger partial charge is 0.409 e. The van der Waals surface area contributed by atoms with Crippen LogP contribution in [0.25, 0.3) is 0 Å². The molecule has 0 radical (unpaired) electrons. The highest BCUT2D eigenvalue weighted by Gasteiger charge is 2.01. The van der Waals surface area contributed by atoms with Crippen LogP contribution >= 0.6 is 0 Å². The minimum Gasteiger partial charge on any atom is -0.409 e. The van der Waals surface area contributed by atoms with Crippen LogP contribution in [0.1, 0.15) is 26.2 Å². The van der Waals surface area contributed by atoms with Gasteiger partial charge in [0.15, 0.2) is 0 Å². The molecule has 0 bridgehead atoms. The summed E-state index contributed by atoms with van der Waals surface area (Å²) in [5.41, 5.74) is 5.33. The summed E-state index contributed by atoms with van der Waals surface area (Å²) in [6, 6.07) is 0. The van der Waals surface area contributed by atoms with Gasteiger partial charge in [-0.2, -0.15) is 0 Å². The Morgan fingerprint density at radius 3 is 2.57 bits per heavy atom. The highest BCUT2D eigenvalue weighted by molar-refractivity contribution is 5.79. The van der Waals surface area contributed by atoms with Gasteiger partial charge in [0.05, 0.1) is 6.61 Å². The summed E-state index contributed by atoms with van der Waals surface area (Å²) in [5.74, 6) is 0.287. The predicted molar refractivity (Wildman–Crippen MR) is 56.5 cm³/mol. The Morgan fingerprint density at radius 1 is 1.36 bits per heavy atom. The number of amidine groups is 1. The van der Waals surface area contributed by atoms with Gasteiger partial charge < -0.3 is 20.9 Å². The van der Waals surface area contributed by atoms with E-state index in [2.05, 4.69) is 17.0 Å². The van der Waals surface area contributed by atoms with Gasteiger partial charge in [0.25, 0.3) is 0 Å². The lowest BCUT2D eigenvalue weighted by molar-refractivity contribution is 0.200. The fraction of sp³-hybridized carbons (Fsp3) is 0.889. The van der Waals surface area contributed by atoms with E-state index in [4.69, 9.17) is 16.0 Å². The minimum absolute atomic E-state index is 0.202. The number of hydrogen-bond acceptors (Lipinski definition) is 4. The summed E-state index contributed by atoms with van der Waals surface area (Å²) in [4.78, 5) is 2.17. The summed E-state index contributed by atoms with van der Waals surface area (Å²) in [5, 5.41) is 19.9. The van der Waals surface area contributed by atoms with Crippen molar-refractivity contribution in [2.75, 3.05) is 26.2 Å². The minimum atomic E-state index is 0.202. The Labute approximate surface area is 85.2 Å². The summed E-state index contributed by atoms with van der Waals surface area (Å²) >= 11 is 0. The third-order valence-electron chi connectivity index (χ3n) is 2.15. The van der Waals surface area contributed by atoms with Gasteiger partial charge in [-0.3, -0.25) is 0 Å². The van der Waals surface area contributed by atoms with Crippen LogP contribution in [-0.4, -0.2) is 47.3 Å². The first kappa shape index (κ1) is 13.2. The average molecular weight is 203 g/mol. The van der Waals surface area contributed by atoms with Crippen LogP contribution in [-0.2, 0) is 0 Å². The fourth-order valence-electron chi connectivity index (χ4n) is 1.26. The molecule has 5 heteroatoms. The molecule has 0 heterocycles. The van der Waals surface area contributed by atoms with Gasteiger partial charge in [-0.1, -0.05) is 12.1 Å². The molecule has 84 valence electrons. The van der Waals surface area contributed by atoms with Gasteiger partial charge in [0.1, 0.15) is 5.84 Å². The van der Waals surface area contributed by atoms with Gasteiger partial charge in [-0.25, -0.2) is 0 Å². The molecule has 0 aromatic heterocycles. The number of oxime groups is 1. The van der Waals surface area contributed by atoms with Crippen molar-refractivity contribution < 1.29 is 10.3 Å². The average Bonchev–Trinajstić information content (AvgIpc) is 2.22. The van der Waals surface area contributed by atoms with Crippen LogP contribution in [0, 0.1) is 0 Å². The van der Waals surface area contributed by atoms with E-state index in [0.717, 1.165) is 32.5 Å². The standard InChI is InChI=1S/C9H21N3O2/c1-2-12(7-8-13)6-4-3-5-9(10)11-14/h13-14H,2-8H2,1H3,(H2,10,11). The van der Waals surface area contributed by atoms with E-state index >= 15 is 0 Å². The van der Waals surface area contributed by atoms with Crippen molar-refractivity contribution in [2.45, 2.75) is 26.2 Å². The van der Waals surface area contributed by atoms with Gasteiger partial charge >= 0.3 is 0 Å². The lowest BCUT2D eigenvalue weighted by atomic mass is 10.2. The number of nitrogens with two attached hydrogens (primary N) is 1. The highest BCUT2D eigenvalue weighted by Crippen LogP contribution is 1.98. The van der Waals surface area contributed by atoms with Crippen molar-refractivity contribution in [2.24, 2.45) is 10.9 Å². The van der Waals surface area contributed by atoms with Gasteiger partial charge in [0, 0.05) is 13.0 Å². The molecule has 0 rings (SSSR count). The van der Waals surface area contributed by atoms with E-state index in [-0.39, 0.29) is 12.4 Å². The van der Waals surface area contributed by atoms with E-state index in [0.29, 0.717) is 6.42 Å². The first-order valence-electron chi connectivity index (χ1n) is 5.04. The number of rotatable bonds is 8. The topological polar surface area (TPSA) is 82.1 Å². The maximum absolute atomic E-state index is 8.74. The molecular weight excluding hydrogens is 182 g/mol. The van der Waals surface area contributed by atoms with Gasteiger partial charge in [-0.05, 0) is 25.9 Å². The first-order chi connectivity index (χ1) is 6.74. The molecule has 0 aliphatic carbocycles. The van der Waals surface area contributed by atoms with Crippen molar-refractivity contribution in [1.29, 1.82) is 0 Å². The molecule has 5 nitrogen and oxygen atoms in total. The SMILES string of the molecule is CCN(CCO)CCCC/C(N)=N/O. The number of likely N-dealkylation sites (N-methyl/N-ethyl adjacent to an activating group) is 1. The van der Waals surface area contributed by atoms with Crippen LogP contribution < -0.4 is 5.73 Å². The Kier molecular flexibility index (Phi) is 8.27. The summed E-state index contributed by atoms with van der Waals surface area (Å²) < 4.78 is 0. The molecule has 0 saturated carbocycles. The van der Waals surface area contributed by atoms with Crippen LogP contribution in [0.4, 0.5) is 0 Å². The second kappa shape index (κ2) is 8.77. The molecule has 0 fully saturated rings. The predicted octanol–water partition coefficient (Wildman–Crippen LogP) is 0.217. The van der Waals surface area contributed by atoms with Crippen molar-refractivity contribution >= 4 is 5.84 Å². The number of hydrogen-bond donors (Lipinski definition) is 3. The monoisotopic (exact) mass is 203 g/mol. The molecule has 0 aliphatic heterocycles. The van der Waals surface area contributed by atoms with E-state index in [1.807, 2.05) is 0 Å². The van der Waals surface area contributed by atoms with E-state index in [1.54, 1.807) is 0 Å². The lowest BCUT2D eigenvalue weighted by Gasteiger charge is -2.18. The zero-order chi connectivity index (χ0) is 10.8. The van der Waals surface area contributed by atoms with E-state index in [9.17, 15) is 0 Å². The Balaban J connectivity index is 3.41. The normalized spacial score (nSPS) is 12.4. The van der Waals surface area contributed by atoms with E-state index < -0.39 is 0 Å². The molecular formula is C9H21N3O2. The van der Waals surface area contributed by atoms with Crippen molar-refractivity contribution in [3.63, 3.8) is 0 Å². The lowest BCUT2D eigenvalue weighted by Crippen LogP contribution is -2.27. The molecule has 4 N–H and O–H groups in total. The summed E-state index contributed by atoms with van der Waals surface area (Å²) in [6.45, 7) is 4.90. The third-order valence-corrected chi connectivity index (χ3v) is 2.15. The molecule has 0 saturated heterocycles. The third kappa shape index (κ3) is 6.68. The van der Waals surface area contributed by atoms with Crippen LogP contribution in [0.2, 0.25) is 0 Å². The summed E-state index contributed by atoms with van der Waals surface area (Å²) in [7, 11) is 0. The number of unbranched alkanes of at least 4 members (excludes halogenated alkanes) is 1. The second-order valence-electron chi connectivity index (χ2n) is 3.21. The second-order valence-corrected chi connectivity index (χ2v) is 3.21. The Hall–Kier alpha value is -0.810. The van der Waals surface area contributed by atoms with Crippen LogP contribution in [0.15, 0.2) is 5.16 Å². The van der Waals surface area contributed by atoms with Gasteiger partial charge in [0.2, 0.25) is 0 Å². The number of aliphatic hydroxyl groups is 1. The summed E-state index contributed by atoms with van der Waals surface area (Å²) in [6.07, 6.45) is 2.55. The first-order valence-corrected chi connectivity index (χ1v) is 5.04. The van der Waals surface area contributed by atoms with Crippen LogP contribution in [0.5, 0.6) is 0 Å². The van der Waals surface area contributed by atoms with Crippen molar-refractivity contribution in [1.82, 2.24) is 4.90 Å². The molecule has 0 amide bonds. The molecule has 0 aromatic carbocycles. The smallest absolute Gasteiger partial charge is 0.139 e. The highest BCUT2D eigenvalue weighted by atomic mass is 16.4. The molecule has 0 aliphatic rings. The number of nitrogens with zero attached hydrogens (tertiary/aromatic N) is 2.